The summed E-state index contributed by atoms with van der Waals surface area (Å²) < 4.78 is 1.81. The third kappa shape index (κ3) is 4.24. The average molecular weight is 273 g/mol. The van der Waals surface area contributed by atoms with Crippen molar-refractivity contribution >= 4 is 17.6 Å². The molecule has 1 heterocycles. The topological polar surface area (TPSA) is 84.2 Å². The first kappa shape index (κ1) is 13.8. The van der Waals surface area contributed by atoms with E-state index in [1.54, 1.807) is 23.0 Å². The van der Waals surface area contributed by atoms with Gasteiger partial charge in [-0.15, -0.1) is 0 Å². The van der Waals surface area contributed by atoms with Crippen molar-refractivity contribution in [3.05, 3.63) is 48.3 Å². The van der Waals surface area contributed by atoms with Crippen molar-refractivity contribution in [2.45, 2.75) is 19.4 Å². The zero-order valence-corrected chi connectivity index (χ0v) is 10.8. The summed E-state index contributed by atoms with van der Waals surface area (Å²) in [5.74, 6) is -1.28. The van der Waals surface area contributed by atoms with Gasteiger partial charge in [0.2, 0.25) is 5.91 Å². The standard InChI is InChI=1S/C14H15N3O3/c18-13(6-7-14(19)20)16-12-4-2-11(3-5-12)10-17-9-1-8-15-17/h1-5,8-9H,6-7,10H2,(H,16,18)(H,19,20). The van der Waals surface area contributed by atoms with Crippen molar-refractivity contribution in [3.63, 3.8) is 0 Å². The maximum absolute atomic E-state index is 11.5. The molecule has 0 atom stereocenters. The van der Waals surface area contributed by atoms with Crippen LogP contribution in [-0.2, 0) is 16.1 Å². The van der Waals surface area contributed by atoms with Gasteiger partial charge in [0.15, 0.2) is 0 Å². The average Bonchev–Trinajstić information content (AvgIpc) is 2.92. The van der Waals surface area contributed by atoms with E-state index >= 15 is 0 Å². The van der Waals surface area contributed by atoms with Crippen molar-refractivity contribution < 1.29 is 14.7 Å². The SMILES string of the molecule is O=C(O)CCC(=O)Nc1ccc(Cn2cccn2)cc1. The van der Waals surface area contributed by atoms with Gasteiger partial charge in [0.05, 0.1) is 13.0 Å². The number of amides is 1. The monoisotopic (exact) mass is 273 g/mol. The number of nitrogens with zero attached hydrogens (tertiary/aromatic N) is 2. The van der Waals surface area contributed by atoms with Gasteiger partial charge in [-0.1, -0.05) is 12.1 Å². The van der Waals surface area contributed by atoms with Gasteiger partial charge in [-0.25, -0.2) is 0 Å². The predicted octanol–water partition coefficient (Wildman–Crippen LogP) is 1.73. The largest absolute Gasteiger partial charge is 0.481 e. The molecule has 6 heteroatoms. The molecule has 0 saturated heterocycles. The lowest BCUT2D eigenvalue weighted by Crippen LogP contribution is -2.13. The Morgan fingerprint density at radius 2 is 1.95 bits per heavy atom. The molecule has 1 aromatic carbocycles. The van der Waals surface area contributed by atoms with Gasteiger partial charge in [-0.3, -0.25) is 14.3 Å². The van der Waals surface area contributed by atoms with E-state index in [1.807, 2.05) is 24.4 Å². The van der Waals surface area contributed by atoms with Gasteiger partial charge in [-0.05, 0) is 23.8 Å². The van der Waals surface area contributed by atoms with E-state index in [4.69, 9.17) is 5.11 Å². The molecule has 0 bridgehead atoms. The number of aromatic nitrogens is 2. The number of nitrogens with one attached hydrogen (secondary N) is 1. The molecular formula is C14H15N3O3. The Hall–Kier alpha value is -2.63. The van der Waals surface area contributed by atoms with Gasteiger partial charge in [0.25, 0.3) is 0 Å². The first-order chi connectivity index (χ1) is 9.63. The molecule has 0 aliphatic rings. The van der Waals surface area contributed by atoms with E-state index in [9.17, 15) is 9.59 Å². The van der Waals surface area contributed by atoms with Gasteiger partial charge >= 0.3 is 5.97 Å². The first-order valence-electron chi connectivity index (χ1n) is 6.21. The van der Waals surface area contributed by atoms with Crippen LogP contribution in [0.3, 0.4) is 0 Å². The third-order valence-corrected chi connectivity index (χ3v) is 2.71. The normalized spacial score (nSPS) is 10.2. The maximum Gasteiger partial charge on any atom is 0.303 e. The molecule has 6 nitrogen and oxygen atoms in total. The molecule has 0 aliphatic carbocycles. The summed E-state index contributed by atoms with van der Waals surface area (Å²) in [6, 6.07) is 9.23. The Kier molecular flexibility index (Phi) is 4.49. The first-order valence-corrected chi connectivity index (χ1v) is 6.21. The smallest absolute Gasteiger partial charge is 0.303 e. The molecule has 20 heavy (non-hydrogen) atoms. The van der Waals surface area contributed by atoms with Crippen LogP contribution in [0, 0.1) is 0 Å². The second kappa shape index (κ2) is 6.51. The molecule has 0 fully saturated rings. The lowest BCUT2D eigenvalue weighted by atomic mass is 10.2. The molecule has 0 spiro atoms. The highest BCUT2D eigenvalue weighted by Gasteiger charge is 2.05. The second-order valence-electron chi connectivity index (χ2n) is 4.34. The van der Waals surface area contributed by atoms with Crippen LogP contribution >= 0.6 is 0 Å². The van der Waals surface area contributed by atoms with E-state index < -0.39 is 5.97 Å². The Morgan fingerprint density at radius 3 is 2.55 bits per heavy atom. The van der Waals surface area contributed by atoms with E-state index in [1.165, 1.54) is 0 Å². The fourth-order valence-corrected chi connectivity index (χ4v) is 1.72. The maximum atomic E-state index is 11.5. The van der Waals surface area contributed by atoms with Crippen LogP contribution in [0.25, 0.3) is 0 Å². The summed E-state index contributed by atoms with van der Waals surface area (Å²) in [7, 11) is 0. The highest BCUT2D eigenvalue weighted by molar-refractivity contribution is 5.92. The Labute approximate surface area is 116 Å². The number of benzene rings is 1. The number of carboxylic acids is 1. The van der Waals surface area contributed by atoms with Gasteiger partial charge < -0.3 is 10.4 Å². The van der Waals surface area contributed by atoms with Crippen molar-refractivity contribution in [1.82, 2.24) is 9.78 Å². The molecule has 1 aromatic heterocycles. The summed E-state index contributed by atoms with van der Waals surface area (Å²) in [6.45, 7) is 0.667. The molecule has 2 rings (SSSR count). The quantitative estimate of drug-likeness (QED) is 0.839. The molecule has 2 aromatic rings. The zero-order chi connectivity index (χ0) is 14.4. The molecular weight excluding hydrogens is 258 g/mol. The number of hydrogen-bond acceptors (Lipinski definition) is 3. The molecule has 1 amide bonds. The molecule has 0 aliphatic heterocycles. The minimum Gasteiger partial charge on any atom is -0.481 e. The van der Waals surface area contributed by atoms with Crippen LogP contribution < -0.4 is 5.32 Å². The Balaban J connectivity index is 1.88. The molecule has 0 saturated carbocycles. The number of hydrogen-bond donors (Lipinski definition) is 2. The van der Waals surface area contributed by atoms with Crippen LogP contribution in [-0.4, -0.2) is 26.8 Å². The van der Waals surface area contributed by atoms with Crippen LogP contribution in [0.15, 0.2) is 42.7 Å². The summed E-state index contributed by atoms with van der Waals surface area (Å²) in [5.41, 5.74) is 1.72. The van der Waals surface area contributed by atoms with Crippen LogP contribution in [0.4, 0.5) is 5.69 Å². The number of rotatable bonds is 6. The fraction of sp³-hybridized carbons (Fsp3) is 0.214. The number of carbonyl (C=O) groups is 2. The minimum atomic E-state index is -0.977. The lowest BCUT2D eigenvalue weighted by molar-refractivity contribution is -0.138. The Bertz CT molecular complexity index is 576. The van der Waals surface area contributed by atoms with Gasteiger partial charge in [-0.2, -0.15) is 5.10 Å². The van der Waals surface area contributed by atoms with Crippen molar-refractivity contribution in [2.24, 2.45) is 0 Å². The van der Waals surface area contributed by atoms with Crippen LogP contribution in [0.1, 0.15) is 18.4 Å². The van der Waals surface area contributed by atoms with E-state index in [2.05, 4.69) is 10.4 Å². The highest BCUT2D eigenvalue weighted by atomic mass is 16.4. The fourth-order valence-electron chi connectivity index (χ4n) is 1.72. The number of carboxylic acid groups (broad SMARTS) is 1. The van der Waals surface area contributed by atoms with Crippen molar-refractivity contribution in [2.75, 3.05) is 5.32 Å². The second-order valence-corrected chi connectivity index (χ2v) is 4.34. The summed E-state index contributed by atoms with van der Waals surface area (Å²) in [5, 5.41) is 15.3. The summed E-state index contributed by atoms with van der Waals surface area (Å²) in [4.78, 5) is 21.8. The zero-order valence-electron chi connectivity index (χ0n) is 10.8. The molecule has 0 unspecified atom stereocenters. The number of carbonyl (C=O) groups excluding carboxylic acids is 1. The van der Waals surface area contributed by atoms with Crippen molar-refractivity contribution in [3.8, 4) is 0 Å². The number of anilines is 1. The van der Waals surface area contributed by atoms with E-state index in [0.717, 1.165) is 5.56 Å². The molecule has 0 radical (unpaired) electrons. The molecule has 2 N–H and O–H groups in total. The minimum absolute atomic E-state index is 0.0234. The predicted molar refractivity (Wildman–Crippen MR) is 73.3 cm³/mol. The Morgan fingerprint density at radius 1 is 1.20 bits per heavy atom. The van der Waals surface area contributed by atoms with Crippen molar-refractivity contribution in [1.29, 1.82) is 0 Å². The number of aliphatic carboxylic acids is 1. The molecule has 104 valence electrons. The highest BCUT2D eigenvalue weighted by Crippen LogP contribution is 2.11. The lowest BCUT2D eigenvalue weighted by Gasteiger charge is -2.06. The summed E-state index contributed by atoms with van der Waals surface area (Å²) >= 11 is 0. The summed E-state index contributed by atoms with van der Waals surface area (Å²) in [6.07, 6.45) is 3.41. The van der Waals surface area contributed by atoms with Crippen LogP contribution in [0.5, 0.6) is 0 Å². The van der Waals surface area contributed by atoms with Gasteiger partial charge in [0.1, 0.15) is 0 Å². The van der Waals surface area contributed by atoms with Crippen LogP contribution in [0.2, 0.25) is 0 Å². The van der Waals surface area contributed by atoms with E-state index in [0.29, 0.717) is 12.2 Å². The van der Waals surface area contributed by atoms with E-state index in [-0.39, 0.29) is 18.7 Å². The van der Waals surface area contributed by atoms with Gasteiger partial charge in [0, 0.05) is 24.5 Å². The third-order valence-electron chi connectivity index (χ3n) is 2.71.